The van der Waals surface area contributed by atoms with Crippen molar-refractivity contribution in [2.24, 2.45) is 11.8 Å². The number of hydrogen-bond donors (Lipinski definition) is 2. The number of nitrogens with one attached hydrogen (secondary N) is 1. The molecule has 6 heteroatoms. The van der Waals surface area contributed by atoms with Gasteiger partial charge in [-0.3, -0.25) is 4.79 Å². The van der Waals surface area contributed by atoms with Gasteiger partial charge in [0.2, 0.25) is 0 Å². The summed E-state index contributed by atoms with van der Waals surface area (Å²) < 4.78 is 0. The van der Waals surface area contributed by atoms with E-state index in [1.165, 1.54) is 6.42 Å². The lowest BCUT2D eigenvalue weighted by molar-refractivity contribution is 0.0683. The average molecular weight is 283 g/mol. The fraction of sp³-hybridized carbons (Fsp3) is 0.538. The summed E-state index contributed by atoms with van der Waals surface area (Å²) >= 11 is 6.04. The lowest BCUT2D eigenvalue weighted by Gasteiger charge is -2.31. The summed E-state index contributed by atoms with van der Waals surface area (Å²) in [5.74, 6) is 6.36. The Morgan fingerprint density at radius 2 is 2.21 bits per heavy atom. The molecule has 1 aromatic rings. The van der Waals surface area contributed by atoms with Gasteiger partial charge < -0.3 is 10.3 Å². The predicted molar refractivity (Wildman–Crippen MR) is 76.0 cm³/mol. The molecule has 0 aromatic carbocycles. The zero-order valence-corrected chi connectivity index (χ0v) is 11.8. The number of pyridine rings is 1. The number of carbonyl (C=O) groups excluding carboxylic acids is 1. The van der Waals surface area contributed by atoms with Crippen molar-refractivity contribution in [1.82, 2.24) is 9.88 Å². The Morgan fingerprint density at radius 3 is 2.79 bits per heavy atom. The number of amides is 1. The van der Waals surface area contributed by atoms with Gasteiger partial charge in [0.25, 0.3) is 5.91 Å². The van der Waals surface area contributed by atoms with Crippen LogP contribution in [0.1, 0.15) is 36.7 Å². The van der Waals surface area contributed by atoms with Gasteiger partial charge in [-0.2, -0.15) is 0 Å². The molecule has 2 heterocycles. The van der Waals surface area contributed by atoms with Gasteiger partial charge in [-0.1, -0.05) is 24.9 Å². The van der Waals surface area contributed by atoms with E-state index >= 15 is 0 Å². The van der Waals surface area contributed by atoms with Gasteiger partial charge in [0, 0.05) is 13.1 Å². The highest BCUT2D eigenvalue weighted by Gasteiger charge is 2.25. The van der Waals surface area contributed by atoms with E-state index < -0.39 is 0 Å². The number of hydrogen-bond acceptors (Lipinski definition) is 4. The van der Waals surface area contributed by atoms with Gasteiger partial charge in [0.15, 0.2) is 0 Å². The standard InChI is InChI=1S/C13H19ClN4O/c1-2-9-5-7-18(8-6-9)13(19)12-10(14)3-4-11(16-12)17-15/h3-4,9H,2,5-8,15H2,1H3,(H,16,17). The molecule has 2 rings (SSSR count). The number of hydrazine groups is 1. The number of halogens is 1. The summed E-state index contributed by atoms with van der Waals surface area (Å²) in [5.41, 5.74) is 2.70. The van der Waals surface area contributed by atoms with Gasteiger partial charge in [0.05, 0.1) is 5.02 Å². The van der Waals surface area contributed by atoms with Crippen LogP contribution in [-0.4, -0.2) is 28.9 Å². The Morgan fingerprint density at radius 1 is 1.53 bits per heavy atom. The van der Waals surface area contributed by atoms with Crippen LogP contribution in [0.25, 0.3) is 0 Å². The summed E-state index contributed by atoms with van der Waals surface area (Å²) in [4.78, 5) is 18.4. The van der Waals surface area contributed by atoms with Crippen LogP contribution < -0.4 is 11.3 Å². The molecule has 0 radical (unpaired) electrons. The molecule has 1 amide bonds. The molecule has 1 aliphatic rings. The molecule has 0 saturated carbocycles. The molecule has 1 saturated heterocycles. The van der Waals surface area contributed by atoms with Crippen LogP contribution in [0.15, 0.2) is 12.1 Å². The number of aromatic nitrogens is 1. The van der Waals surface area contributed by atoms with Crippen LogP contribution in [0.3, 0.4) is 0 Å². The van der Waals surface area contributed by atoms with Crippen LogP contribution in [0.4, 0.5) is 5.82 Å². The first kappa shape index (κ1) is 14.1. The molecule has 104 valence electrons. The Bertz CT molecular complexity index is 458. The first-order valence-corrected chi connectivity index (χ1v) is 6.96. The average Bonchev–Trinajstić information content (AvgIpc) is 2.47. The Hall–Kier alpha value is -1.33. The molecule has 1 fully saturated rings. The summed E-state index contributed by atoms with van der Waals surface area (Å²) in [6.07, 6.45) is 3.27. The Kier molecular flexibility index (Phi) is 4.61. The van der Waals surface area contributed by atoms with Crippen LogP contribution >= 0.6 is 11.6 Å². The fourth-order valence-corrected chi connectivity index (χ4v) is 2.55. The second kappa shape index (κ2) is 6.21. The second-order valence-electron chi connectivity index (χ2n) is 4.82. The van der Waals surface area contributed by atoms with Gasteiger partial charge in [0.1, 0.15) is 11.5 Å². The third-order valence-corrected chi connectivity index (χ3v) is 3.98. The minimum atomic E-state index is -0.114. The normalized spacial score (nSPS) is 16.5. The van der Waals surface area contributed by atoms with E-state index in [-0.39, 0.29) is 11.6 Å². The van der Waals surface area contributed by atoms with E-state index in [0.29, 0.717) is 10.8 Å². The minimum Gasteiger partial charge on any atom is -0.337 e. The van der Waals surface area contributed by atoms with Crippen molar-refractivity contribution in [3.05, 3.63) is 22.8 Å². The number of nitrogen functional groups attached to an aromatic ring is 1. The van der Waals surface area contributed by atoms with E-state index in [0.717, 1.165) is 31.8 Å². The van der Waals surface area contributed by atoms with E-state index in [4.69, 9.17) is 17.4 Å². The van der Waals surface area contributed by atoms with Crippen molar-refractivity contribution in [3.8, 4) is 0 Å². The van der Waals surface area contributed by atoms with Crippen molar-refractivity contribution in [2.45, 2.75) is 26.2 Å². The summed E-state index contributed by atoms with van der Waals surface area (Å²) in [6, 6.07) is 3.28. The molecule has 0 aliphatic carbocycles. The number of anilines is 1. The van der Waals surface area contributed by atoms with Crippen molar-refractivity contribution in [1.29, 1.82) is 0 Å². The van der Waals surface area contributed by atoms with Gasteiger partial charge in [-0.05, 0) is 30.9 Å². The summed E-state index contributed by atoms with van der Waals surface area (Å²) in [7, 11) is 0. The third kappa shape index (κ3) is 3.16. The highest BCUT2D eigenvalue weighted by molar-refractivity contribution is 6.33. The first-order valence-electron chi connectivity index (χ1n) is 6.58. The van der Waals surface area contributed by atoms with E-state index in [9.17, 15) is 4.79 Å². The van der Waals surface area contributed by atoms with Crippen LogP contribution in [-0.2, 0) is 0 Å². The van der Waals surface area contributed by atoms with E-state index in [1.54, 1.807) is 12.1 Å². The maximum Gasteiger partial charge on any atom is 0.274 e. The number of nitrogens with zero attached hydrogens (tertiary/aromatic N) is 2. The number of likely N-dealkylation sites (tertiary alicyclic amines) is 1. The lowest BCUT2D eigenvalue weighted by atomic mass is 9.94. The van der Waals surface area contributed by atoms with Crippen molar-refractivity contribution >= 4 is 23.3 Å². The van der Waals surface area contributed by atoms with Crippen molar-refractivity contribution in [2.75, 3.05) is 18.5 Å². The molecule has 1 aromatic heterocycles. The van der Waals surface area contributed by atoms with Crippen molar-refractivity contribution < 1.29 is 4.79 Å². The quantitative estimate of drug-likeness (QED) is 0.659. The molecule has 5 nitrogen and oxygen atoms in total. The zero-order chi connectivity index (χ0) is 13.8. The van der Waals surface area contributed by atoms with Crippen LogP contribution in [0.2, 0.25) is 5.02 Å². The molecule has 3 N–H and O–H groups in total. The largest absolute Gasteiger partial charge is 0.337 e. The number of piperidine rings is 1. The predicted octanol–water partition coefficient (Wildman–Crippen LogP) is 2.28. The summed E-state index contributed by atoms with van der Waals surface area (Å²) in [5, 5.41) is 0.363. The number of carbonyl (C=O) groups is 1. The number of rotatable bonds is 3. The van der Waals surface area contributed by atoms with Crippen LogP contribution in [0.5, 0.6) is 0 Å². The first-order chi connectivity index (χ1) is 9.15. The lowest BCUT2D eigenvalue weighted by Crippen LogP contribution is -2.39. The highest BCUT2D eigenvalue weighted by Crippen LogP contribution is 2.23. The fourth-order valence-electron chi connectivity index (χ4n) is 2.37. The second-order valence-corrected chi connectivity index (χ2v) is 5.22. The molecule has 19 heavy (non-hydrogen) atoms. The molecule has 0 bridgehead atoms. The Balaban J connectivity index is 2.11. The number of nitrogens with two attached hydrogens (primary N) is 1. The Labute approximate surface area is 118 Å². The monoisotopic (exact) mass is 282 g/mol. The van der Waals surface area contributed by atoms with Crippen molar-refractivity contribution in [3.63, 3.8) is 0 Å². The molecule has 0 unspecified atom stereocenters. The van der Waals surface area contributed by atoms with Gasteiger partial charge in [-0.25, -0.2) is 10.8 Å². The van der Waals surface area contributed by atoms with Gasteiger partial charge in [-0.15, -0.1) is 0 Å². The van der Waals surface area contributed by atoms with E-state index in [1.807, 2.05) is 4.90 Å². The smallest absolute Gasteiger partial charge is 0.274 e. The molecular weight excluding hydrogens is 264 g/mol. The highest BCUT2D eigenvalue weighted by atomic mass is 35.5. The van der Waals surface area contributed by atoms with Gasteiger partial charge >= 0.3 is 0 Å². The maximum absolute atomic E-state index is 12.4. The summed E-state index contributed by atoms with van der Waals surface area (Å²) in [6.45, 7) is 3.74. The molecular formula is C13H19ClN4O. The minimum absolute atomic E-state index is 0.114. The van der Waals surface area contributed by atoms with E-state index in [2.05, 4.69) is 17.3 Å². The third-order valence-electron chi connectivity index (χ3n) is 3.68. The molecule has 0 atom stereocenters. The topological polar surface area (TPSA) is 71.2 Å². The molecule has 0 spiro atoms. The van der Waals surface area contributed by atoms with Crippen LogP contribution in [0, 0.1) is 5.92 Å². The SMILES string of the molecule is CCC1CCN(C(=O)c2nc(NN)ccc2Cl)CC1. The molecule has 1 aliphatic heterocycles. The zero-order valence-electron chi connectivity index (χ0n) is 11.0. The maximum atomic E-state index is 12.4.